The van der Waals surface area contributed by atoms with Crippen molar-refractivity contribution in [3.8, 4) is 11.5 Å². The van der Waals surface area contributed by atoms with Crippen molar-refractivity contribution in [1.82, 2.24) is 0 Å². The topological polar surface area (TPSA) is 78.9 Å². The van der Waals surface area contributed by atoms with E-state index in [1.807, 2.05) is 6.92 Å². The lowest BCUT2D eigenvalue weighted by Crippen LogP contribution is -2.23. The van der Waals surface area contributed by atoms with Crippen molar-refractivity contribution >= 4 is 26.7 Å². The summed E-state index contributed by atoms with van der Waals surface area (Å²) in [7, 11) is -0.356. The number of nitrogens with zero attached hydrogens (tertiary/aromatic N) is 1. The summed E-state index contributed by atoms with van der Waals surface area (Å²) in [6, 6.07) is 31.6. The van der Waals surface area contributed by atoms with Gasteiger partial charge in [-0.3, -0.25) is 0 Å². The summed E-state index contributed by atoms with van der Waals surface area (Å²) in [5.41, 5.74) is 1.69. The van der Waals surface area contributed by atoms with Crippen LogP contribution in [0.15, 0.2) is 117 Å². The lowest BCUT2D eigenvalue weighted by molar-refractivity contribution is 0.130. The van der Waals surface area contributed by atoms with Gasteiger partial charge in [-0.1, -0.05) is 23.8 Å². The molecule has 43 heavy (non-hydrogen) atoms. The SMILES string of the molecule is CN(C)c1cccc([S+](c2ccc(OC(C)(C)C)cc2)c2ccc(OC(C)(C)C)cc2)c1.Cc1ccc(S(=O)(=O)[O-])cc1. The smallest absolute Gasteiger partial charge is 0.168 e. The fourth-order valence-electron chi connectivity index (χ4n) is 4.00. The van der Waals surface area contributed by atoms with Crippen LogP contribution < -0.4 is 14.4 Å². The largest absolute Gasteiger partial charge is 0.744 e. The molecule has 0 saturated heterocycles. The van der Waals surface area contributed by atoms with Crippen molar-refractivity contribution in [1.29, 1.82) is 0 Å². The van der Waals surface area contributed by atoms with E-state index < -0.39 is 10.1 Å². The minimum Gasteiger partial charge on any atom is -0.744 e. The number of rotatable bonds is 7. The molecule has 6 nitrogen and oxygen atoms in total. The molecule has 0 aliphatic rings. The van der Waals surface area contributed by atoms with Gasteiger partial charge in [0.15, 0.2) is 14.7 Å². The molecule has 0 saturated carbocycles. The van der Waals surface area contributed by atoms with Crippen molar-refractivity contribution in [3.63, 3.8) is 0 Å². The van der Waals surface area contributed by atoms with Crippen molar-refractivity contribution in [2.24, 2.45) is 0 Å². The predicted molar refractivity (Wildman–Crippen MR) is 176 cm³/mol. The van der Waals surface area contributed by atoms with Crippen LogP contribution in [0.1, 0.15) is 47.1 Å². The molecule has 4 aromatic rings. The van der Waals surface area contributed by atoms with Gasteiger partial charge in [0.25, 0.3) is 0 Å². The Hall–Kier alpha value is -3.46. The van der Waals surface area contributed by atoms with E-state index in [0.717, 1.165) is 17.1 Å². The highest BCUT2D eigenvalue weighted by molar-refractivity contribution is 7.97. The number of benzene rings is 4. The Balaban J connectivity index is 0.000000386. The molecule has 0 amide bonds. The first kappa shape index (κ1) is 34.0. The van der Waals surface area contributed by atoms with Crippen LogP contribution in [0, 0.1) is 6.92 Å². The molecule has 0 N–H and O–H groups in total. The highest BCUT2D eigenvalue weighted by Gasteiger charge is 2.30. The van der Waals surface area contributed by atoms with Crippen molar-refractivity contribution < 1.29 is 22.4 Å². The van der Waals surface area contributed by atoms with Crippen LogP contribution in [0.25, 0.3) is 0 Å². The zero-order chi connectivity index (χ0) is 32.0. The second-order valence-corrected chi connectivity index (χ2v) is 15.7. The molecule has 8 heteroatoms. The van der Waals surface area contributed by atoms with Crippen molar-refractivity contribution in [3.05, 3.63) is 103 Å². The molecule has 0 heterocycles. The molecule has 4 aromatic carbocycles. The van der Waals surface area contributed by atoms with Gasteiger partial charge in [0, 0.05) is 25.8 Å². The zero-order valence-electron chi connectivity index (χ0n) is 26.5. The molecule has 0 fully saturated rings. The van der Waals surface area contributed by atoms with Crippen LogP contribution in [0.3, 0.4) is 0 Å². The van der Waals surface area contributed by atoms with E-state index in [4.69, 9.17) is 9.47 Å². The molecule has 0 radical (unpaired) electrons. The summed E-state index contributed by atoms with van der Waals surface area (Å²) in [5, 5.41) is 0. The Morgan fingerprint density at radius 3 is 1.47 bits per heavy atom. The maximum Gasteiger partial charge on any atom is 0.168 e. The monoisotopic (exact) mass is 621 g/mol. The van der Waals surface area contributed by atoms with Gasteiger partial charge in [-0.05, 0) is 121 Å². The third-order valence-corrected chi connectivity index (χ3v) is 8.91. The average molecular weight is 622 g/mol. The van der Waals surface area contributed by atoms with Gasteiger partial charge in [-0.25, -0.2) is 8.42 Å². The van der Waals surface area contributed by atoms with Crippen molar-refractivity contribution in [2.75, 3.05) is 19.0 Å². The maximum absolute atomic E-state index is 10.4. The van der Waals surface area contributed by atoms with Crippen LogP contribution in [-0.4, -0.2) is 38.3 Å². The lowest BCUT2D eigenvalue weighted by atomic mass is 10.2. The van der Waals surface area contributed by atoms with Gasteiger partial charge in [-0.2, -0.15) is 0 Å². The number of hydrogen-bond acceptors (Lipinski definition) is 6. The molecule has 0 aliphatic carbocycles. The summed E-state index contributed by atoms with van der Waals surface area (Å²) in [6.07, 6.45) is 0. The fraction of sp³-hybridized carbons (Fsp3) is 0.314. The summed E-state index contributed by atoms with van der Waals surface area (Å²) in [6.45, 7) is 14.2. The van der Waals surface area contributed by atoms with Crippen LogP contribution in [0.5, 0.6) is 11.5 Å². The van der Waals surface area contributed by atoms with E-state index in [-0.39, 0.29) is 27.0 Å². The zero-order valence-corrected chi connectivity index (χ0v) is 28.2. The van der Waals surface area contributed by atoms with Crippen LogP contribution in [-0.2, 0) is 21.0 Å². The van der Waals surface area contributed by atoms with E-state index >= 15 is 0 Å². The lowest BCUT2D eigenvalue weighted by Gasteiger charge is -2.21. The third kappa shape index (κ3) is 11.0. The number of anilines is 1. The van der Waals surface area contributed by atoms with E-state index in [2.05, 4.69) is 133 Å². The van der Waals surface area contributed by atoms with Gasteiger partial charge in [-0.15, -0.1) is 0 Å². The number of hydrogen-bond donors (Lipinski definition) is 0. The first-order valence-electron chi connectivity index (χ1n) is 14.0. The van der Waals surface area contributed by atoms with Crippen LogP contribution in [0.4, 0.5) is 5.69 Å². The average Bonchev–Trinajstić information content (AvgIpc) is 2.89. The van der Waals surface area contributed by atoms with Gasteiger partial charge < -0.3 is 18.9 Å². The quantitative estimate of drug-likeness (QED) is 0.153. The van der Waals surface area contributed by atoms with Crippen LogP contribution in [0.2, 0.25) is 0 Å². The summed E-state index contributed by atoms with van der Waals surface area (Å²) in [5.74, 6) is 1.78. The Bertz CT molecular complexity index is 1510. The third-order valence-electron chi connectivity index (χ3n) is 5.85. The van der Waals surface area contributed by atoms with E-state index in [1.54, 1.807) is 12.1 Å². The summed E-state index contributed by atoms with van der Waals surface area (Å²) < 4.78 is 43.2. The molecule has 230 valence electrons. The Labute approximate surface area is 260 Å². The maximum atomic E-state index is 10.4. The van der Waals surface area contributed by atoms with E-state index in [9.17, 15) is 13.0 Å². The number of ether oxygens (including phenoxy) is 2. The van der Waals surface area contributed by atoms with E-state index in [0.29, 0.717) is 0 Å². The molecule has 0 spiro atoms. The highest BCUT2D eigenvalue weighted by atomic mass is 32.2. The molecule has 0 bridgehead atoms. The first-order valence-corrected chi connectivity index (χ1v) is 16.7. The second kappa shape index (κ2) is 13.9. The predicted octanol–water partition coefficient (Wildman–Crippen LogP) is 8.10. The molecular weight excluding hydrogens is 579 g/mol. The highest BCUT2D eigenvalue weighted by Crippen LogP contribution is 2.35. The second-order valence-electron chi connectivity index (χ2n) is 12.3. The summed E-state index contributed by atoms with van der Waals surface area (Å²) in [4.78, 5) is 5.76. The normalized spacial score (nSPS) is 11.9. The minimum absolute atomic E-state index is 0.178. The van der Waals surface area contributed by atoms with Crippen molar-refractivity contribution in [2.45, 2.75) is 79.3 Å². The van der Waals surface area contributed by atoms with Gasteiger partial charge in [0.2, 0.25) is 0 Å². The molecule has 0 aromatic heterocycles. The molecular formula is C35H43NO5S2. The van der Waals surface area contributed by atoms with Gasteiger partial charge >= 0.3 is 0 Å². The number of aryl methyl sites for hydroxylation is 1. The van der Waals surface area contributed by atoms with Gasteiger partial charge in [0.05, 0.1) is 15.8 Å². The Morgan fingerprint density at radius 2 is 1.09 bits per heavy atom. The molecule has 0 unspecified atom stereocenters. The molecule has 0 atom stereocenters. The van der Waals surface area contributed by atoms with Gasteiger partial charge in [0.1, 0.15) is 32.8 Å². The Kier molecular flexibility index (Phi) is 11.0. The Morgan fingerprint density at radius 1 is 0.651 bits per heavy atom. The fourth-order valence-corrected chi connectivity index (χ4v) is 6.55. The minimum atomic E-state index is -4.27. The standard InChI is InChI=1S/C28H36NO2S.C7H8O3S/c1-27(2,3)30-22-12-16-24(17-13-22)32(26-11-9-10-21(20-26)29(7)8)25-18-14-23(15-19-25)31-28(4,5)6;1-6-2-4-7(5-3-6)11(8,9)10/h9-20H,1-8H3;2-5H,1H3,(H,8,9,10)/q+1;/p-1. The van der Waals surface area contributed by atoms with Crippen LogP contribution >= 0.6 is 0 Å². The summed E-state index contributed by atoms with van der Waals surface area (Å²) >= 11 is 0. The van der Waals surface area contributed by atoms with E-state index in [1.165, 1.54) is 32.5 Å². The molecule has 4 rings (SSSR count). The molecule has 0 aliphatic heterocycles. The first-order chi connectivity index (χ1) is 19.9.